The fourth-order valence-electron chi connectivity index (χ4n) is 3.96. The molecule has 0 saturated carbocycles. The number of aliphatic imine (C=N–C) groups is 1. The van der Waals surface area contributed by atoms with Crippen LogP contribution in [0, 0.1) is 12.7 Å². The fraction of sp³-hybridized carbons (Fsp3) is 0.167. The summed E-state index contributed by atoms with van der Waals surface area (Å²) in [6.45, 7) is 3.74. The van der Waals surface area contributed by atoms with E-state index < -0.39 is 6.04 Å². The molecule has 156 valence electrons. The molecule has 4 aromatic rings. The Bertz CT molecular complexity index is 1290. The summed E-state index contributed by atoms with van der Waals surface area (Å²) < 4.78 is 17.0. The molecule has 0 amide bonds. The third kappa shape index (κ3) is 3.70. The lowest BCUT2D eigenvalue weighted by atomic mass is 9.98. The minimum Gasteiger partial charge on any atom is -0.323 e. The number of pyridine rings is 1. The fourth-order valence-corrected chi connectivity index (χ4v) is 3.96. The third-order valence-corrected chi connectivity index (χ3v) is 5.37. The zero-order valence-electron chi connectivity index (χ0n) is 17.6. The summed E-state index contributed by atoms with van der Waals surface area (Å²) >= 11 is 0. The average Bonchev–Trinajstić information content (AvgIpc) is 3.11. The van der Waals surface area contributed by atoms with Crippen LogP contribution in [0.5, 0.6) is 0 Å². The molecule has 0 spiro atoms. The van der Waals surface area contributed by atoms with E-state index in [2.05, 4.69) is 19.6 Å². The first-order valence-corrected chi connectivity index (χ1v) is 9.90. The van der Waals surface area contributed by atoms with Crippen molar-refractivity contribution in [3.05, 3.63) is 95.3 Å². The number of halogens is 1. The zero-order chi connectivity index (χ0) is 22.0. The van der Waals surface area contributed by atoms with E-state index in [9.17, 15) is 4.39 Å². The van der Waals surface area contributed by atoms with Gasteiger partial charge in [-0.1, -0.05) is 36.4 Å². The molecule has 0 aliphatic heterocycles. The Kier molecular flexibility index (Phi) is 5.58. The molecule has 1 unspecified atom stereocenters. The minimum atomic E-state index is -0.407. The Morgan fingerprint density at radius 1 is 1.13 bits per heavy atom. The molecule has 6 nitrogen and oxygen atoms in total. The van der Waals surface area contributed by atoms with E-state index in [1.54, 1.807) is 19.3 Å². The van der Waals surface area contributed by atoms with Crippen LogP contribution in [0.15, 0.2) is 77.1 Å². The highest BCUT2D eigenvalue weighted by Crippen LogP contribution is 2.33. The van der Waals surface area contributed by atoms with E-state index in [4.69, 9.17) is 10.8 Å². The number of hydrogen-bond donors (Lipinski definition) is 1. The number of aryl methyl sites for hydroxylation is 1. The van der Waals surface area contributed by atoms with Gasteiger partial charge in [0.05, 0.1) is 34.7 Å². The maximum absolute atomic E-state index is 14.9. The lowest BCUT2D eigenvalue weighted by molar-refractivity contribution is 0.567. The Morgan fingerprint density at radius 2 is 1.90 bits per heavy atom. The van der Waals surface area contributed by atoms with Gasteiger partial charge >= 0.3 is 0 Å². The Morgan fingerprint density at radius 3 is 2.58 bits per heavy atom. The van der Waals surface area contributed by atoms with Crippen molar-refractivity contribution >= 4 is 22.5 Å². The lowest BCUT2D eigenvalue weighted by Crippen LogP contribution is -2.17. The van der Waals surface area contributed by atoms with Crippen molar-refractivity contribution in [2.75, 3.05) is 7.05 Å². The van der Waals surface area contributed by atoms with Gasteiger partial charge in [-0.3, -0.25) is 9.98 Å². The second kappa shape index (κ2) is 8.47. The van der Waals surface area contributed by atoms with E-state index in [1.165, 1.54) is 6.20 Å². The van der Waals surface area contributed by atoms with Gasteiger partial charge in [0, 0.05) is 24.4 Å². The predicted octanol–water partition coefficient (Wildman–Crippen LogP) is 4.27. The van der Waals surface area contributed by atoms with Gasteiger partial charge in [-0.15, -0.1) is 0 Å². The van der Waals surface area contributed by atoms with Gasteiger partial charge < -0.3 is 10.4 Å². The van der Waals surface area contributed by atoms with E-state index in [0.29, 0.717) is 17.0 Å². The topological polar surface area (TPSA) is 81.5 Å². The Labute approximate surface area is 180 Å². The highest BCUT2D eigenvalue weighted by Gasteiger charge is 2.24. The summed E-state index contributed by atoms with van der Waals surface area (Å²) in [4.78, 5) is 13.0. The molecule has 4 rings (SSSR count). The van der Waals surface area contributed by atoms with Gasteiger partial charge in [-0.05, 0) is 37.6 Å². The first-order chi connectivity index (χ1) is 15.0. The Hall–Kier alpha value is -3.87. The molecule has 0 aliphatic rings. The van der Waals surface area contributed by atoms with Crippen LogP contribution in [-0.4, -0.2) is 33.0 Å². The van der Waals surface area contributed by atoms with Crippen LogP contribution < -0.4 is 5.84 Å². The summed E-state index contributed by atoms with van der Waals surface area (Å²) in [5.74, 6) is 5.90. The SMILES string of the molecule is CN=C(C(C)=NN)c1ccc2nc(C)n(C(c3ccccc3)c3ccncc3F)c2c1. The monoisotopic (exact) mass is 414 g/mol. The number of hydrazone groups is 1. The van der Waals surface area contributed by atoms with Gasteiger partial charge in [0.25, 0.3) is 0 Å². The van der Waals surface area contributed by atoms with Crippen LogP contribution >= 0.6 is 0 Å². The van der Waals surface area contributed by atoms with Crippen molar-refractivity contribution in [3.63, 3.8) is 0 Å². The van der Waals surface area contributed by atoms with Crippen LogP contribution in [0.1, 0.15) is 35.5 Å². The highest BCUT2D eigenvalue weighted by atomic mass is 19.1. The van der Waals surface area contributed by atoms with E-state index in [0.717, 1.165) is 28.0 Å². The van der Waals surface area contributed by atoms with E-state index in [1.807, 2.05) is 62.4 Å². The Balaban J connectivity index is 2.00. The smallest absolute Gasteiger partial charge is 0.147 e. The quantitative estimate of drug-likeness (QED) is 0.301. The molecule has 1 atom stereocenters. The maximum atomic E-state index is 14.9. The van der Waals surface area contributed by atoms with Crippen molar-refractivity contribution < 1.29 is 4.39 Å². The number of imidazole rings is 1. The summed E-state index contributed by atoms with van der Waals surface area (Å²) in [7, 11) is 1.70. The normalized spacial score (nSPS) is 13.5. The second-order valence-corrected chi connectivity index (χ2v) is 7.23. The van der Waals surface area contributed by atoms with E-state index >= 15 is 0 Å². The number of nitrogens with zero attached hydrogens (tertiary/aromatic N) is 5. The number of aromatic nitrogens is 3. The summed E-state index contributed by atoms with van der Waals surface area (Å²) in [6.07, 6.45) is 2.85. The largest absolute Gasteiger partial charge is 0.323 e. The molecule has 0 fully saturated rings. The van der Waals surface area contributed by atoms with Crippen LogP contribution in [0.2, 0.25) is 0 Å². The number of benzene rings is 2. The standard InChI is InChI=1S/C24H23FN6/c1-15(30-26)23(27-3)18-9-10-21-22(13-18)31(16(2)29-21)24(17-7-5-4-6-8-17)19-11-12-28-14-20(19)25/h4-14,24H,26H2,1-3H3. The summed E-state index contributed by atoms with van der Waals surface area (Å²) in [5.41, 5.74) is 5.35. The van der Waals surface area contributed by atoms with Gasteiger partial charge in [-0.2, -0.15) is 5.10 Å². The maximum Gasteiger partial charge on any atom is 0.147 e. The molecule has 0 aliphatic carbocycles. The molecular formula is C24H23FN6. The van der Waals surface area contributed by atoms with E-state index in [-0.39, 0.29) is 5.82 Å². The summed E-state index contributed by atoms with van der Waals surface area (Å²) in [5, 5.41) is 3.79. The van der Waals surface area contributed by atoms with Crippen molar-refractivity contribution in [1.29, 1.82) is 0 Å². The van der Waals surface area contributed by atoms with Crippen LogP contribution in [-0.2, 0) is 0 Å². The van der Waals surface area contributed by atoms with Crippen molar-refractivity contribution in [3.8, 4) is 0 Å². The number of rotatable bonds is 5. The number of hydrogen-bond acceptors (Lipinski definition) is 5. The van der Waals surface area contributed by atoms with Crippen molar-refractivity contribution in [1.82, 2.24) is 14.5 Å². The summed E-state index contributed by atoms with van der Waals surface area (Å²) in [6, 6.07) is 17.0. The van der Waals surface area contributed by atoms with Crippen LogP contribution in [0.3, 0.4) is 0 Å². The second-order valence-electron chi connectivity index (χ2n) is 7.23. The van der Waals surface area contributed by atoms with Gasteiger partial charge in [0.2, 0.25) is 0 Å². The van der Waals surface area contributed by atoms with Gasteiger partial charge in [-0.25, -0.2) is 9.37 Å². The van der Waals surface area contributed by atoms with Crippen LogP contribution in [0.25, 0.3) is 11.0 Å². The molecule has 2 aromatic heterocycles. The van der Waals surface area contributed by atoms with Crippen LogP contribution in [0.4, 0.5) is 4.39 Å². The zero-order valence-corrected chi connectivity index (χ0v) is 17.6. The molecule has 7 heteroatoms. The molecular weight excluding hydrogens is 391 g/mol. The van der Waals surface area contributed by atoms with Gasteiger partial charge in [0.1, 0.15) is 11.6 Å². The first kappa shape index (κ1) is 20.4. The molecule has 0 saturated heterocycles. The first-order valence-electron chi connectivity index (χ1n) is 9.90. The number of fused-ring (bicyclic) bond motifs is 1. The average molecular weight is 414 g/mol. The molecule has 0 bridgehead atoms. The lowest BCUT2D eigenvalue weighted by Gasteiger charge is -2.23. The van der Waals surface area contributed by atoms with Crippen molar-refractivity contribution in [2.45, 2.75) is 19.9 Å². The number of nitrogens with two attached hydrogens (primary N) is 1. The molecule has 31 heavy (non-hydrogen) atoms. The highest BCUT2D eigenvalue weighted by molar-refractivity contribution is 6.47. The molecule has 2 heterocycles. The molecule has 2 N–H and O–H groups in total. The predicted molar refractivity (Wildman–Crippen MR) is 122 cm³/mol. The van der Waals surface area contributed by atoms with Crippen molar-refractivity contribution in [2.24, 2.45) is 15.9 Å². The minimum absolute atomic E-state index is 0.365. The molecule has 2 aromatic carbocycles. The van der Waals surface area contributed by atoms with Gasteiger partial charge in [0.15, 0.2) is 0 Å². The molecule has 0 radical (unpaired) electrons. The third-order valence-electron chi connectivity index (χ3n) is 5.37.